The molecule has 0 N–H and O–H groups in total. The Morgan fingerprint density at radius 1 is 1.53 bits per heavy atom. The molecule has 1 rings (SSSR count). The number of rotatable bonds is 3. The van der Waals surface area contributed by atoms with Gasteiger partial charge in [0, 0.05) is 13.1 Å². The van der Waals surface area contributed by atoms with Crippen molar-refractivity contribution in [1.29, 1.82) is 0 Å². The predicted molar refractivity (Wildman–Crippen MR) is 69.2 cm³/mol. The molecule has 1 heterocycles. The first-order valence-corrected chi connectivity index (χ1v) is 6.97. The molecule has 0 aliphatic carbocycles. The van der Waals surface area contributed by atoms with Crippen LogP contribution in [0.25, 0.3) is 0 Å². The monoisotopic (exact) mass is 325 g/mol. The van der Waals surface area contributed by atoms with E-state index in [-0.39, 0.29) is 10.2 Å². The van der Waals surface area contributed by atoms with Gasteiger partial charge in [-0.3, -0.25) is 0 Å². The van der Waals surface area contributed by atoms with Crippen LogP contribution in [0.15, 0.2) is 0 Å². The predicted octanol–water partition coefficient (Wildman–Crippen LogP) is 3.42. The summed E-state index contributed by atoms with van der Waals surface area (Å²) in [6.45, 7) is 6.05. The van der Waals surface area contributed by atoms with Gasteiger partial charge in [0.2, 0.25) is 0 Å². The maximum Gasteiger partial charge on any atom is 0.410 e. The molecule has 1 saturated heterocycles. The molecule has 0 aromatic heterocycles. The summed E-state index contributed by atoms with van der Waals surface area (Å²) in [6, 6.07) is 0. The number of hydrogen-bond donors (Lipinski definition) is 0. The van der Waals surface area contributed by atoms with Crippen LogP contribution in [0.1, 0.15) is 39.5 Å². The number of ether oxygens (including phenoxy) is 1. The number of carbonyl (C=O) groups excluding carboxylic acids is 1. The standard InChI is InChI=1S/C11H20INO2/c1-3-4-10(12)15-11(14)13-7-5-9(2)6-8-13/h9-10H,3-8H2,1-2H3. The molecule has 1 amide bonds. The van der Waals surface area contributed by atoms with Crippen LogP contribution in [0.2, 0.25) is 0 Å². The van der Waals surface area contributed by atoms with E-state index in [0.717, 1.165) is 44.7 Å². The van der Waals surface area contributed by atoms with Crippen LogP contribution < -0.4 is 0 Å². The topological polar surface area (TPSA) is 29.5 Å². The SMILES string of the molecule is CCCC(I)OC(=O)N1CCC(C)CC1. The molecule has 88 valence electrons. The molecule has 0 radical (unpaired) electrons. The van der Waals surface area contributed by atoms with Gasteiger partial charge in [0.1, 0.15) is 0 Å². The molecule has 0 saturated carbocycles. The smallest absolute Gasteiger partial charge is 0.410 e. The maximum absolute atomic E-state index is 11.7. The second-order valence-electron chi connectivity index (χ2n) is 4.25. The minimum absolute atomic E-state index is 0.0273. The molecule has 3 nitrogen and oxygen atoms in total. The van der Waals surface area contributed by atoms with E-state index < -0.39 is 0 Å². The van der Waals surface area contributed by atoms with Crippen LogP contribution in [0.3, 0.4) is 0 Å². The van der Waals surface area contributed by atoms with Crippen LogP contribution in [-0.2, 0) is 4.74 Å². The Morgan fingerprint density at radius 2 is 2.13 bits per heavy atom. The lowest BCUT2D eigenvalue weighted by atomic mass is 10.00. The van der Waals surface area contributed by atoms with E-state index in [4.69, 9.17) is 4.74 Å². The molecular weight excluding hydrogens is 305 g/mol. The van der Waals surface area contributed by atoms with Crippen molar-refractivity contribution in [2.45, 2.75) is 43.6 Å². The third-order valence-corrected chi connectivity index (χ3v) is 3.66. The number of halogens is 1. The summed E-state index contributed by atoms with van der Waals surface area (Å²) >= 11 is 2.19. The molecule has 15 heavy (non-hydrogen) atoms. The van der Waals surface area contributed by atoms with Crippen LogP contribution >= 0.6 is 22.6 Å². The zero-order valence-corrected chi connectivity index (χ0v) is 11.7. The molecule has 0 bridgehead atoms. The number of hydrogen-bond acceptors (Lipinski definition) is 2. The van der Waals surface area contributed by atoms with Gasteiger partial charge in [-0.15, -0.1) is 0 Å². The van der Waals surface area contributed by atoms with E-state index in [1.54, 1.807) is 0 Å². The van der Waals surface area contributed by atoms with Gasteiger partial charge in [-0.25, -0.2) is 4.79 Å². The average Bonchev–Trinajstić information content (AvgIpc) is 2.18. The molecule has 0 spiro atoms. The minimum Gasteiger partial charge on any atom is -0.435 e. The lowest BCUT2D eigenvalue weighted by Crippen LogP contribution is -2.39. The Balaban J connectivity index is 2.27. The normalized spacial score (nSPS) is 20.1. The quantitative estimate of drug-likeness (QED) is 0.588. The second kappa shape index (κ2) is 6.55. The Bertz CT molecular complexity index is 203. The lowest BCUT2D eigenvalue weighted by molar-refractivity contribution is 0.0830. The highest BCUT2D eigenvalue weighted by molar-refractivity contribution is 14.1. The molecule has 1 fully saturated rings. The minimum atomic E-state index is -0.130. The fourth-order valence-electron chi connectivity index (χ4n) is 1.66. The summed E-state index contributed by atoms with van der Waals surface area (Å²) in [7, 11) is 0. The first-order valence-electron chi connectivity index (χ1n) is 5.73. The Kier molecular flexibility index (Phi) is 5.71. The van der Waals surface area contributed by atoms with Crippen molar-refractivity contribution in [2.75, 3.05) is 13.1 Å². The van der Waals surface area contributed by atoms with E-state index in [2.05, 4.69) is 36.4 Å². The van der Waals surface area contributed by atoms with E-state index in [0.29, 0.717) is 0 Å². The summed E-state index contributed by atoms with van der Waals surface area (Å²) < 4.78 is 5.37. The van der Waals surface area contributed by atoms with Gasteiger partial charge in [-0.1, -0.05) is 20.3 Å². The molecule has 1 unspecified atom stereocenters. The van der Waals surface area contributed by atoms with E-state index in [9.17, 15) is 4.79 Å². The molecule has 1 aliphatic heterocycles. The van der Waals surface area contributed by atoms with E-state index in [1.165, 1.54) is 0 Å². The molecule has 1 atom stereocenters. The van der Waals surface area contributed by atoms with Gasteiger partial charge < -0.3 is 9.64 Å². The highest BCUT2D eigenvalue weighted by Crippen LogP contribution is 2.18. The van der Waals surface area contributed by atoms with Crippen molar-refractivity contribution >= 4 is 28.7 Å². The van der Waals surface area contributed by atoms with Gasteiger partial charge in [0.25, 0.3) is 0 Å². The fourth-order valence-corrected chi connectivity index (χ4v) is 2.50. The van der Waals surface area contributed by atoms with Gasteiger partial charge in [-0.2, -0.15) is 0 Å². The van der Waals surface area contributed by atoms with Crippen molar-refractivity contribution in [3.05, 3.63) is 0 Å². The van der Waals surface area contributed by atoms with Crippen LogP contribution in [0, 0.1) is 5.92 Å². The van der Waals surface area contributed by atoms with Crippen molar-refractivity contribution < 1.29 is 9.53 Å². The molecule has 0 aromatic carbocycles. The molecule has 0 aromatic rings. The van der Waals surface area contributed by atoms with E-state index >= 15 is 0 Å². The summed E-state index contributed by atoms with van der Waals surface area (Å²) in [4.78, 5) is 13.5. The van der Waals surface area contributed by atoms with Gasteiger partial charge in [0.15, 0.2) is 4.11 Å². The zero-order chi connectivity index (χ0) is 11.3. The molecule has 4 heteroatoms. The fraction of sp³-hybridized carbons (Fsp3) is 0.909. The Labute approximate surface area is 106 Å². The lowest BCUT2D eigenvalue weighted by Gasteiger charge is -2.30. The third-order valence-electron chi connectivity index (χ3n) is 2.79. The van der Waals surface area contributed by atoms with Crippen molar-refractivity contribution in [3.63, 3.8) is 0 Å². The van der Waals surface area contributed by atoms with Gasteiger partial charge >= 0.3 is 6.09 Å². The number of nitrogens with zero attached hydrogens (tertiary/aromatic N) is 1. The van der Waals surface area contributed by atoms with Gasteiger partial charge in [-0.05, 0) is 47.8 Å². The third kappa shape index (κ3) is 4.57. The summed E-state index contributed by atoms with van der Waals surface area (Å²) in [6.07, 6.45) is 4.08. The number of amides is 1. The van der Waals surface area contributed by atoms with Gasteiger partial charge in [0.05, 0.1) is 0 Å². The van der Waals surface area contributed by atoms with Crippen LogP contribution in [-0.4, -0.2) is 28.2 Å². The average molecular weight is 325 g/mol. The summed E-state index contributed by atoms with van der Waals surface area (Å²) in [5.41, 5.74) is 0. The number of carbonyl (C=O) groups is 1. The van der Waals surface area contributed by atoms with E-state index in [1.807, 2.05) is 4.90 Å². The Hall–Kier alpha value is 0. The summed E-state index contributed by atoms with van der Waals surface area (Å²) in [5.74, 6) is 0.750. The maximum atomic E-state index is 11.7. The largest absolute Gasteiger partial charge is 0.435 e. The Morgan fingerprint density at radius 3 is 2.67 bits per heavy atom. The number of piperidine rings is 1. The van der Waals surface area contributed by atoms with Crippen molar-refractivity contribution in [1.82, 2.24) is 4.90 Å². The first-order chi connectivity index (χ1) is 7.13. The molecule has 1 aliphatic rings. The van der Waals surface area contributed by atoms with Crippen molar-refractivity contribution in [2.24, 2.45) is 5.92 Å². The number of alkyl halides is 1. The highest BCUT2D eigenvalue weighted by Gasteiger charge is 2.22. The van der Waals surface area contributed by atoms with Crippen LogP contribution in [0.4, 0.5) is 4.79 Å². The second-order valence-corrected chi connectivity index (χ2v) is 5.64. The van der Waals surface area contributed by atoms with Crippen LogP contribution in [0.5, 0.6) is 0 Å². The molecular formula is C11H20INO2. The summed E-state index contributed by atoms with van der Waals surface area (Å²) in [5, 5.41) is 0. The highest BCUT2D eigenvalue weighted by atomic mass is 127. The van der Waals surface area contributed by atoms with Crippen molar-refractivity contribution in [3.8, 4) is 0 Å². The number of likely N-dealkylation sites (tertiary alicyclic amines) is 1. The first kappa shape index (κ1) is 13.1. The zero-order valence-electron chi connectivity index (χ0n) is 9.54.